The predicted octanol–water partition coefficient (Wildman–Crippen LogP) is 5.35. The number of methoxy groups -OCH3 is 1. The van der Waals surface area contributed by atoms with Crippen molar-refractivity contribution < 1.29 is 28.5 Å². The summed E-state index contributed by atoms with van der Waals surface area (Å²) >= 11 is 0. The van der Waals surface area contributed by atoms with Gasteiger partial charge in [-0.25, -0.2) is 9.59 Å². The molecule has 0 saturated carbocycles. The minimum atomic E-state index is -0.865. The van der Waals surface area contributed by atoms with Gasteiger partial charge in [-0.05, 0) is 59.2 Å². The van der Waals surface area contributed by atoms with Crippen molar-refractivity contribution in [2.24, 2.45) is 0 Å². The highest BCUT2D eigenvalue weighted by atomic mass is 16.6. The molecule has 0 aliphatic rings. The summed E-state index contributed by atoms with van der Waals surface area (Å²) in [6, 6.07) is 8.96. The van der Waals surface area contributed by atoms with Crippen molar-refractivity contribution in [3.63, 3.8) is 0 Å². The molecule has 0 fully saturated rings. The minimum absolute atomic E-state index is 0.177. The molecule has 0 bridgehead atoms. The lowest BCUT2D eigenvalue weighted by molar-refractivity contribution is 0.0430. The standard InChI is InChI=1S/C23H30N2O6/c1-22(2,3)30-20(26)25(21(27)31-23(4,5)6)17-12-19(14-24-13-17)29-15-16-8-10-18(28-7)11-9-16/h8-14H,15H2,1-7H3. The third-order valence-electron chi connectivity index (χ3n) is 3.67. The van der Waals surface area contributed by atoms with Crippen LogP contribution in [0.3, 0.4) is 0 Å². The topological polar surface area (TPSA) is 87.2 Å². The summed E-state index contributed by atoms with van der Waals surface area (Å²) < 4.78 is 21.7. The molecule has 2 aromatic rings. The molecule has 0 radical (unpaired) electrons. The first kappa shape index (κ1) is 24.0. The summed E-state index contributed by atoms with van der Waals surface area (Å²) in [5.41, 5.74) is -0.501. The molecule has 0 aliphatic heterocycles. The maximum atomic E-state index is 12.8. The number of amides is 2. The molecule has 8 heteroatoms. The van der Waals surface area contributed by atoms with Gasteiger partial charge in [0.1, 0.15) is 29.3 Å². The molecule has 168 valence electrons. The quantitative estimate of drug-likeness (QED) is 0.632. The largest absolute Gasteiger partial charge is 0.497 e. The number of hydrogen-bond acceptors (Lipinski definition) is 7. The van der Waals surface area contributed by atoms with E-state index in [0.29, 0.717) is 5.75 Å². The summed E-state index contributed by atoms with van der Waals surface area (Å²) in [6.45, 7) is 10.6. The summed E-state index contributed by atoms with van der Waals surface area (Å²) in [5, 5.41) is 0. The first-order chi connectivity index (χ1) is 14.4. The lowest BCUT2D eigenvalue weighted by atomic mass is 10.2. The van der Waals surface area contributed by atoms with Gasteiger partial charge in [0.05, 0.1) is 25.2 Å². The Morgan fingerprint density at radius 1 is 0.871 bits per heavy atom. The van der Waals surface area contributed by atoms with Gasteiger partial charge in [0.2, 0.25) is 0 Å². The molecule has 0 aliphatic carbocycles. The average Bonchev–Trinajstić information content (AvgIpc) is 2.64. The van der Waals surface area contributed by atoms with Crippen LogP contribution in [-0.4, -0.2) is 35.5 Å². The van der Waals surface area contributed by atoms with Crippen LogP contribution in [0.25, 0.3) is 0 Å². The molecule has 2 amide bonds. The van der Waals surface area contributed by atoms with Gasteiger partial charge in [-0.2, -0.15) is 4.90 Å². The highest BCUT2D eigenvalue weighted by Crippen LogP contribution is 2.25. The van der Waals surface area contributed by atoms with Crippen molar-refractivity contribution in [2.75, 3.05) is 12.0 Å². The van der Waals surface area contributed by atoms with E-state index in [9.17, 15) is 9.59 Å². The number of carbonyl (C=O) groups is 2. The molecule has 2 rings (SSSR count). The van der Waals surface area contributed by atoms with Crippen LogP contribution in [0, 0.1) is 0 Å². The van der Waals surface area contributed by atoms with Crippen molar-refractivity contribution >= 4 is 17.9 Å². The Balaban J connectivity index is 2.24. The maximum Gasteiger partial charge on any atom is 0.424 e. The number of rotatable bonds is 5. The fraction of sp³-hybridized carbons (Fsp3) is 0.435. The molecule has 0 saturated heterocycles. The van der Waals surface area contributed by atoms with Crippen molar-refractivity contribution in [1.29, 1.82) is 0 Å². The van der Waals surface area contributed by atoms with Crippen LogP contribution < -0.4 is 14.4 Å². The van der Waals surface area contributed by atoms with E-state index in [-0.39, 0.29) is 12.3 Å². The van der Waals surface area contributed by atoms with Gasteiger partial charge in [-0.1, -0.05) is 12.1 Å². The van der Waals surface area contributed by atoms with Crippen molar-refractivity contribution in [2.45, 2.75) is 59.4 Å². The summed E-state index contributed by atoms with van der Waals surface area (Å²) in [4.78, 5) is 30.4. The van der Waals surface area contributed by atoms with Gasteiger partial charge in [0.25, 0.3) is 0 Å². The Bertz CT molecular complexity index is 870. The zero-order valence-electron chi connectivity index (χ0n) is 19.1. The second kappa shape index (κ2) is 9.68. The third-order valence-corrected chi connectivity index (χ3v) is 3.67. The highest BCUT2D eigenvalue weighted by Gasteiger charge is 2.33. The van der Waals surface area contributed by atoms with Crippen LogP contribution in [-0.2, 0) is 16.1 Å². The molecular formula is C23H30N2O6. The van der Waals surface area contributed by atoms with Gasteiger partial charge in [0.15, 0.2) is 0 Å². The third kappa shape index (κ3) is 7.81. The lowest BCUT2D eigenvalue weighted by Crippen LogP contribution is -2.43. The molecule has 0 spiro atoms. The summed E-state index contributed by atoms with van der Waals surface area (Å²) in [6.07, 6.45) is 1.13. The van der Waals surface area contributed by atoms with Gasteiger partial charge < -0.3 is 18.9 Å². The van der Waals surface area contributed by atoms with Gasteiger partial charge in [0, 0.05) is 6.07 Å². The lowest BCUT2D eigenvalue weighted by Gasteiger charge is -2.28. The molecule has 0 atom stereocenters. The SMILES string of the molecule is COc1ccc(COc2cncc(N(C(=O)OC(C)(C)C)C(=O)OC(C)(C)C)c2)cc1. The Hall–Kier alpha value is -3.29. The van der Waals surface area contributed by atoms with E-state index in [2.05, 4.69) is 4.98 Å². The van der Waals surface area contributed by atoms with Gasteiger partial charge >= 0.3 is 12.2 Å². The van der Waals surface area contributed by atoms with E-state index in [0.717, 1.165) is 16.2 Å². The Labute approximate surface area is 183 Å². The van der Waals surface area contributed by atoms with E-state index >= 15 is 0 Å². The Kier molecular flexibility index (Phi) is 7.49. The monoisotopic (exact) mass is 430 g/mol. The molecule has 0 unspecified atom stereocenters. The Morgan fingerprint density at radius 2 is 1.42 bits per heavy atom. The zero-order chi connectivity index (χ0) is 23.2. The number of anilines is 1. The van der Waals surface area contributed by atoms with Crippen molar-refractivity contribution in [3.8, 4) is 11.5 Å². The number of ether oxygens (including phenoxy) is 4. The number of pyridine rings is 1. The number of imide groups is 1. The van der Waals surface area contributed by atoms with Gasteiger partial charge in [-0.3, -0.25) is 4.98 Å². The predicted molar refractivity (Wildman–Crippen MR) is 117 cm³/mol. The van der Waals surface area contributed by atoms with Crippen LogP contribution in [0.5, 0.6) is 11.5 Å². The van der Waals surface area contributed by atoms with Crippen LogP contribution in [0.4, 0.5) is 15.3 Å². The summed E-state index contributed by atoms with van der Waals surface area (Å²) in [7, 11) is 1.60. The maximum absolute atomic E-state index is 12.8. The van der Waals surface area contributed by atoms with Crippen LogP contribution in [0.2, 0.25) is 0 Å². The molecule has 8 nitrogen and oxygen atoms in total. The fourth-order valence-electron chi connectivity index (χ4n) is 2.40. The zero-order valence-corrected chi connectivity index (χ0v) is 19.1. The fourth-order valence-corrected chi connectivity index (χ4v) is 2.40. The smallest absolute Gasteiger partial charge is 0.424 e. The second-order valence-corrected chi connectivity index (χ2v) is 8.81. The molecule has 0 N–H and O–H groups in total. The molecule has 1 aromatic heterocycles. The molecule has 31 heavy (non-hydrogen) atoms. The number of carbonyl (C=O) groups excluding carboxylic acids is 2. The number of nitrogens with zero attached hydrogens (tertiary/aromatic N) is 2. The van der Waals surface area contributed by atoms with E-state index < -0.39 is 23.4 Å². The Morgan fingerprint density at radius 3 is 1.90 bits per heavy atom. The number of hydrogen-bond donors (Lipinski definition) is 0. The molecular weight excluding hydrogens is 400 g/mol. The second-order valence-electron chi connectivity index (χ2n) is 8.81. The first-order valence-corrected chi connectivity index (χ1v) is 9.85. The minimum Gasteiger partial charge on any atom is -0.497 e. The van der Waals surface area contributed by atoms with Crippen LogP contribution >= 0.6 is 0 Å². The normalized spacial score (nSPS) is 11.5. The van der Waals surface area contributed by atoms with Crippen LogP contribution in [0.1, 0.15) is 47.1 Å². The van der Waals surface area contributed by atoms with E-state index in [1.54, 1.807) is 48.7 Å². The van der Waals surface area contributed by atoms with Crippen molar-refractivity contribution in [1.82, 2.24) is 4.98 Å². The van der Waals surface area contributed by atoms with E-state index in [1.165, 1.54) is 18.5 Å². The number of benzene rings is 1. The molecule has 1 aromatic carbocycles. The van der Waals surface area contributed by atoms with E-state index in [4.69, 9.17) is 18.9 Å². The van der Waals surface area contributed by atoms with Crippen LogP contribution in [0.15, 0.2) is 42.7 Å². The molecule has 1 heterocycles. The van der Waals surface area contributed by atoms with Gasteiger partial charge in [-0.15, -0.1) is 0 Å². The van der Waals surface area contributed by atoms with E-state index in [1.807, 2.05) is 24.3 Å². The summed E-state index contributed by atoms with van der Waals surface area (Å²) in [5.74, 6) is 1.13. The average molecular weight is 431 g/mol. The highest BCUT2D eigenvalue weighted by molar-refractivity contribution is 6.09. The van der Waals surface area contributed by atoms with Crippen molar-refractivity contribution in [3.05, 3.63) is 48.3 Å². The first-order valence-electron chi connectivity index (χ1n) is 9.85. The number of aromatic nitrogens is 1.